The molecule has 0 saturated heterocycles. The fourth-order valence-electron chi connectivity index (χ4n) is 0.860. The minimum absolute atomic E-state index is 0.160. The fourth-order valence-corrected chi connectivity index (χ4v) is 1.36. The lowest BCUT2D eigenvalue weighted by atomic mass is 10.2. The molecule has 0 aliphatic rings. The number of amides is 1. The van der Waals surface area contributed by atoms with Gasteiger partial charge in [0.2, 0.25) is 0 Å². The summed E-state index contributed by atoms with van der Waals surface area (Å²) in [6.45, 7) is 0. The van der Waals surface area contributed by atoms with Gasteiger partial charge in [0.15, 0.2) is 0 Å². The van der Waals surface area contributed by atoms with E-state index in [0.717, 1.165) is 12.1 Å². The van der Waals surface area contributed by atoms with Gasteiger partial charge in [0.25, 0.3) is 5.91 Å². The number of carbonyl (C=O) groups excluding carboxylic acids is 1. The second kappa shape index (κ2) is 3.83. The van der Waals surface area contributed by atoms with E-state index in [1.54, 1.807) is 0 Å². The van der Waals surface area contributed by atoms with Crippen molar-refractivity contribution < 1.29 is 13.6 Å². The standard InChI is InChI=1S/C8H6BrF2NO/c1-12-8(13)6-4(10)2-3-5(11)7(6)9/h2-3H,1H3,(H,12,13). The van der Waals surface area contributed by atoms with Crippen LogP contribution < -0.4 is 5.32 Å². The van der Waals surface area contributed by atoms with Gasteiger partial charge in [-0.15, -0.1) is 0 Å². The smallest absolute Gasteiger partial charge is 0.255 e. The van der Waals surface area contributed by atoms with Crippen molar-refractivity contribution in [3.63, 3.8) is 0 Å². The molecule has 1 rings (SSSR count). The molecule has 2 nitrogen and oxygen atoms in total. The SMILES string of the molecule is CNC(=O)c1c(F)ccc(F)c1Br. The summed E-state index contributed by atoms with van der Waals surface area (Å²) in [5.74, 6) is -2.09. The number of rotatable bonds is 1. The first-order valence-electron chi connectivity index (χ1n) is 3.43. The average Bonchev–Trinajstić information content (AvgIpc) is 2.12. The highest BCUT2D eigenvalue weighted by atomic mass is 79.9. The van der Waals surface area contributed by atoms with E-state index in [0.29, 0.717) is 0 Å². The molecule has 1 N–H and O–H groups in total. The quantitative estimate of drug-likeness (QED) is 0.759. The van der Waals surface area contributed by atoms with Crippen molar-refractivity contribution in [3.05, 3.63) is 33.8 Å². The fraction of sp³-hybridized carbons (Fsp3) is 0.125. The maximum Gasteiger partial charge on any atom is 0.255 e. The Balaban J connectivity index is 3.33. The molecule has 0 fully saturated rings. The first-order chi connectivity index (χ1) is 6.07. The molecule has 0 aliphatic heterocycles. The van der Waals surface area contributed by atoms with E-state index in [4.69, 9.17) is 0 Å². The minimum Gasteiger partial charge on any atom is -0.355 e. The lowest BCUT2D eigenvalue weighted by molar-refractivity contribution is 0.0957. The van der Waals surface area contributed by atoms with Crippen LogP contribution in [0, 0.1) is 11.6 Å². The zero-order chi connectivity index (χ0) is 10.0. The van der Waals surface area contributed by atoms with Gasteiger partial charge in [-0.25, -0.2) is 8.78 Å². The normalized spacial score (nSPS) is 9.85. The predicted molar refractivity (Wildman–Crippen MR) is 47.4 cm³/mol. The van der Waals surface area contributed by atoms with Crippen LogP contribution in [-0.4, -0.2) is 13.0 Å². The molecule has 0 heterocycles. The van der Waals surface area contributed by atoms with Gasteiger partial charge in [0.05, 0.1) is 10.0 Å². The van der Waals surface area contributed by atoms with Gasteiger partial charge < -0.3 is 5.32 Å². The molecular formula is C8H6BrF2NO. The van der Waals surface area contributed by atoms with Gasteiger partial charge in [-0.2, -0.15) is 0 Å². The van der Waals surface area contributed by atoms with Crippen molar-refractivity contribution in [1.82, 2.24) is 5.32 Å². The highest BCUT2D eigenvalue weighted by molar-refractivity contribution is 9.10. The molecule has 1 amide bonds. The molecule has 0 aliphatic carbocycles. The number of nitrogens with one attached hydrogen (secondary N) is 1. The second-order valence-electron chi connectivity index (χ2n) is 2.30. The molecule has 13 heavy (non-hydrogen) atoms. The third-order valence-electron chi connectivity index (χ3n) is 1.50. The number of carbonyl (C=O) groups is 1. The summed E-state index contributed by atoms with van der Waals surface area (Å²) in [6.07, 6.45) is 0. The third-order valence-corrected chi connectivity index (χ3v) is 2.27. The molecule has 0 spiro atoms. The molecule has 0 aromatic heterocycles. The van der Waals surface area contributed by atoms with E-state index in [1.807, 2.05) is 0 Å². The summed E-state index contributed by atoms with van der Waals surface area (Å²) in [4.78, 5) is 11.1. The van der Waals surface area contributed by atoms with Crippen molar-refractivity contribution in [2.75, 3.05) is 7.05 Å². The highest BCUT2D eigenvalue weighted by Gasteiger charge is 2.17. The van der Waals surface area contributed by atoms with Crippen molar-refractivity contribution in [1.29, 1.82) is 0 Å². The van der Waals surface area contributed by atoms with E-state index in [9.17, 15) is 13.6 Å². The topological polar surface area (TPSA) is 29.1 Å². The van der Waals surface area contributed by atoms with Gasteiger partial charge in [-0.3, -0.25) is 4.79 Å². The summed E-state index contributed by atoms with van der Waals surface area (Å²) in [5.41, 5.74) is -0.317. The molecule has 0 bridgehead atoms. The van der Waals surface area contributed by atoms with Gasteiger partial charge >= 0.3 is 0 Å². The molecule has 0 saturated carbocycles. The molecule has 1 aromatic rings. The number of hydrogen-bond acceptors (Lipinski definition) is 1. The van der Waals surface area contributed by atoms with Crippen LogP contribution in [0.25, 0.3) is 0 Å². The largest absolute Gasteiger partial charge is 0.355 e. The average molecular weight is 250 g/mol. The van der Waals surface area contributed by atoms with Gasteiger partial charge in [0.1, 0.15) is 11.6 Å². The molecule has 5 heteroatoms. The Kier molecular flexibility index (Phi) is 2.98. The molecule has 70 valence electrons. The zero-order valence-corrected chi connectivity index (χ0v) is 8.28. The first-order valence-corrected chi connectivity index (χ1v) is 4.22. The van der Waals surface area contributed by atoms with Crippen LogP contribution in [-0.2, 0) is 0 Å². The number of halogens is 3. The minimum atomic E-state index is -0.757. The van der Waals surface area contributed by atoms with Crippen LogP contribution in [0.3, 0.4) is 0 Å². The van der Waals surface area contributed by atoms with Gasteiger partial charge in [0, 0.05) is 7.05 Å². The Morgan fingerprint density at radius 3 is 2.46 bits per heavy atom. The second-order valence-corrected chi connectivity index (χ2v) is 3.09. The van der Waals surface area contributed by atoms with Crippen LogP contribution in [0.2, 0.25) is 0 Å². The Bertz CT molecular complexity index is 354. The first kappa shape index (κ1) is 10.1. The monoisotopic (exact) mass is 249 g/mol. The zero-order valence-electron chi connectivity index (χ0n) is 6.70. The molecule has 0 unspecified atom stereocenters. The molecule has 0 atom stereocenters. The van der Waals surface area contributed by atoms with E-state index in [-0.39, 0.29) is 10.0 Å². The maximum absolute atomic E-state index is 13.0. The van der Waals surface area contributed by atoms with E-state index >= 15 is 0 Å². The summed E-state index contributed by atoms with van der Waals surface area (Å²) >= 11 is 2.80. The Hall–Kier alpha value is -0.970. The summed E-state index contributed by atoms with van der Waals surface area (Å²) in [5, 5.41) is 2.21. The third kappa shape index (κ3) is 1.85. The number of benzene rings is 1. The van der Waals surface area contributed by atoms with Crippen LogP contribution in [0.1, 0.15) is 10.4 Å². The van der Waals surface area contributed by atoms with Crippen molar-refractivity contribution >= 4 is 21.8 Å². The summed E-state index contributed by atoms with van der Waals surface area (Å²) < 4.78 is 25.7. The van der Waals surface area contributed by atoms with E-state index < -0.39 is 17.5 Å². The van der Waals surface area contributed by atoms with Crippen molar-refractivity contribution in [3.8, 4) is 0 Å². The van der Waals surface area contributed by atoms with Crippen LogP contribution in [0.4, 0.5) is 8.78 Å². The Morgan fingerprint density at radius 1 is 1.38 bits per heavy atom. The van der Waals surface area contributed by atoms with Gasteiger partial charge in [-0.05, 0) is 28.1 Å². The molecule has 0 radical (unpaired) electrons. The van der Waals surface area contributed by atoms with Crippen LogP contribution in [0.15, 0.2) is 16.6 Å². The van der Waals surface area contributed by atoms with Crippen LogP contribution in [0.5, 0.6) is 0 Å². The van der Waals surface area contributed by atoms with Crippen molar-refractivity contribution in [2.24, 2.45) is 0 Å². The van der Waals surface area contributed by atoms with E-state index in [1.165, 1.54) is 7.05 Å². The molecular weight excluding hydrogens is 244 g/mol. The molecule has 1 aromatic carbocycles. The van der Waals surface area contributed by atoms with E-state index in [2.05, 4.69) is 21.2 Å². The highest BCUT2D eigenvalue weighted by Crippen LogP contribution is 2.22. The maximum atomic E-state index is 13.0. The summed E-state index contributed by atoms with van der Waals surface area (Å²) in [7, 11) is 1.35. The van der Waals surface area contributed by atoms with Crippen LogP contribution >= 0.6 is 15.9 Å². The Morgan fingerprint density at radius 2 is 1.92 bits per heavy atom. The lowest BCUT2D eigenvalue weighted by Crippen LogP contribution is -2.20. The van der Waals surface area contributed by atoms with Gasteiger partial charge in [-0.1, -0.05) is 0 Å². The Labute approximate surface area is 82.1 Å². The lowest BCUT2D eigenvalue weighted by Gasteiger charge is -2.04. The summed E-state index contributed by atoms with van der Waals surface area (Å²) in [6, 6.07) is 1.86. The van der Waals surface area contributed by atoms with Crippen molar-refractivity contribution in [2.45, 2.75) is 0 Å². The predicted octanol–water partition coefficient (Wildman–Crippen LogP) is 2.09. The number of hydrogen-bond donors (Lipinski definition) is 1.